The molecule has 1 aromatic heterocycles. The highest BCUT2D eigenvalue weighted by Crippen LogP contribution is 2.40. The summed E-state index contributed by atoms with van der Waals surface area (Å²) in [6, 6.07) is 8.39. The topological polar surface area (TPSA) is 83.2 Å². The van der Waals surface area contributed by atoms with E-state index in [0.29, 0.717) is 37.5 Å². The molecule has 4 rings (SSSR count). The van der Waals surface area contributed by atoms with E-state index in [0.717, 1.165) is 30.8 Å². The number of hydrogen-bond acceptors (Lipinski definition) is 6. The van der Waals surface area contributed by atoms with E-state index in [2.05, 4.69) is 4.90 Å². The first-order valence-electron chi connectivity index (χ1n) is 10.7. The minimum Gasteiger partial charge on any atom is -0.507 e. The van der Waals surface area contributed by atoms with Crippen molar-refractivity contribution in [2.45, 2.75) is 26.3 Å². The Balaban J connectivity index is 1.65. The fourth-order valence-corrected chi connectivity index (χ4v) is 4.28. The lowest BCUT2D eigenvalue weighted by molar-refractivity contribution is -0.140. The van der Waals surface area contributed by atoms with Gasteiger partial charge < -0.3 is 19.2 Å². The lowest BCUT2D eigenvalue weighted by Crippen LogP contribution is -2.38. The first kappa shape index (κ1) is 21.3. The molecular weight excluding hydrogens is 396 g/mol. The third-order valence-electron chi connectivity index (χ3n) is 5.98. The van der Waals surface area contributed by atoms with Crippen LogP contribution in [0.15, 0.2) is 46.6 Å². The second kappa shape index (κ2) is 9.08. The number of benzene rings is 1. The van der Waals surface area contributed by atoms with Crippen molar-refractivity contribution in [2.75, 3.05) is 39.4 Å². The van der Waals surface area contributed by atoms with Crippen molar-refractivity contribution < 1.29 is 23.8 Å². The van der Waals surface area contributed by atoms with Gasteiger partial charge in [-0.15, -0.1) is 0 Å². The number of aliphatic hydroxyl groups excluding tert-OH is 1. The van der Waals surface area contributed by atoms with E-state index in [9.17, 15) is 14.7 Å². The minimum absolute atomic E-state index is 0.0834. The van der Waals surface area contributed by atoms with E-state index in [1.807, 2.05) is 32.0 Å². The zero-order chi connectivity index (χ0) is 22.0. The number of hydrogen-bond donors (Lipinski definition) is 1. The van der Waals surface area contributed by atoms with Crippen molar-refractivity contribution in [1.82, 2.24) is 9.80 Å². The number of nitrogens with zero attached hydrogens (tertiary/aromatic N) is 2. The molecule has 0 spiro atoms. The molecule has 2 aromatic rings. The summed E-state index contributed by atoms with van der Waals surface area (Å²) in [6.07, 6.45) is 2.23. The summed E-state index contributed by atoms with van der Waals surface area (Å²) in [5.74, 6) is -0.963. The molecule has 0 radical (unpaired) electrons. The number of Topliss-reactive ketones (excluding diaryl/α,β-unsaturated/α-hetero) is 1. The van der Waals surface area contributed by atoms with Gasteiger partial charge in [0.25, 0.3) is 11.7 Å². The number of amides is 1. The number of furan rings is 1. The number of morpholine rings is 1. The van der Waals surface area contributed by atoms with Gasteiger partial charge in [0.2, 0.25) is 0 Å². The zero-order valence-corrected chi connectivity index (χ0v) is 18.0. The molecule has 2 aliphatic rings. The number of likely N-dealkylation sites (tertiary alicyclic amines) is 1. The van der Waals surface area contributed by atoms with Gasteiger partial charge in [-0.05, 0) is 44.0 Å². The lowest BCUT2D eigenvalue weighted by atomic mass is 9.96. The molecule has 7 heteroatoms. The SMILES string of the molecule is Cc1ccc(C)c(/C(O)=C2\C(=O)C(=O)N(CCCN3CCOCC3)C2c2ccco2)c1. The van der Waals surface area contributed by atoms with E-state index >= 15 is 0 Å². The Bertz CT molecular complexity index is 989. The maximum absolute atomic E-state index is 13.0. The molecule has 0 saturated carbocycles. The second-order valence-electron chi connectivity index (χ2n) is 8.13. The Kier molecular flexibility index (Phi) is 6.25. The predicted molar refractivity (Wildman–Crippen MR) is 116 cm³/mol. The van der Waals surface area contributed by atoms with Crippen LogP contribution in [0.5, 0.6) is 0 Å². The molecule has 3 heterocycles. The van der Waals surface area contributed by atoms with Crippen LogP contribution in [0.4, 0.5) is 0 Å². The van der Waals surface area contributed by atoms with Crippen LogP contribution in [0, 0.1) is 13.8 Å². The predicted octanol–water partition coefficient (Wildman–Crippen LogP) is 3.04. The smallest absolute Gasteiger partial charge is 0.295 e. The summed E-state index contributed by atoms with van der Waals surface area (Å²) in [5, 5.41) is 11.1. The Morgan fingerprint density at radius 2 is 1.90 bits per heavy atom. The highest BCUT2D eigenvalue weighted by molar-refractivity contribution is 6.46. The van der Waals surface area contributed by atoms with Crippen LogP contribution in [-0.2, 0) is 14.3 Å². The van der Waals surface area contributed by atoms with Crippen molar-refractivity contribution in [1.29, 1.82) is 0 Å². The van der Waals surface area contributed by atoms with E-state index in [1.165, 1.54) is 11.2 Å². The Hall–Kier alpha value is -2.90. The van der Waals surface area contributed by atoms with Crippen molar-refractivity contribution >= 4 is 17.4 Å². The first-order chi connectivity index (χ1) is 15.0. The van der Waals surface area contributed by atoms with Crippen LogP contribution in [0.1, 0.15) is 34.9 Å². The fourth-order valence-electron chi connectivity index (χ4n) is 4.28. The summed E-state index contributed by atoms with van der Waals surface area (Å²) < 4.78 is 11.0. The molecule has 0 aliphatic carbocycles. The van der Waals surface area contributed by atoms with Gasteiger partial charge in [-0.25, -0.2) is 0 Å². The number of ketones is 1. The average Bonchev–Trinajstić information content (AvgIpc) is 3.38. The summed E-state index contributed by atoms with van der Waals surface area (Å²) in [4.78, 5) is 29.8. The van der Waals surface area contributed by atoms with Gasteiger partial charge >= 0.3 is 0 Å². The molecule has 31 heavy (non-hydrogen) atoms. The third kappa shape index (κ3) is 4.29. The van der Waals surface area contributed by atoms with E-state index in [4.69, 9.17) is 9.15 Å². The molecular formula is C24H28N2O5. The van der Waals surface area contributed by atoms with Gasteiger partial charge in [-0.3, -0.25) is 14.5 Å². The number of aliphatic hydroxyl groups is 1. The number of carbonyl (C=O) groups is 2. The van der Waals surface area contributed by atoms with Crippen LogP contribution in [0.3, 0.4) is 0 Å². The normalized spacial score (nSPS) is 21.7. The number of ether oxygens (including phenoxy) is 1. The van der Waals surface area contributed by atoms with Gasteiger partial charge in [0.15, 0.2) is 0 Å². The molecule has 1 unspecified atom stereocenters. The average molecular weight is 424 g/mol. The van der Waals surface area contributed by atoms with Crippen molar-refractivity contribution in [3.8, 4) is 0 Å². The summed E-state index contributed by atoms with van der Waals surface area (Å²) in [7, 11) is 0. The highest BCUT2D eigenvalue weighted by Gasteiger charge is 2.47. The quantitative estimate of drug-likeness (QED) is 0.436. The third-order valence-corrected chi connectivity index (χ3v) is 5.98. The zero-order valence-electron chi connectivity index (χ0n) is 18.0. The Labute approximate surface area is 181 Å². The van der Waals surface area contributed by atoms with Crippen molar-refractivity contribution in [2.24, 2.45) is 0 Å². The summed E-state index contributed by atoms with van der Waals surface area (Å²) >= 11 is 0. The second-order valence-corrected chi connectivity index (χ2v) is 8.13. The minimum atomic E-state index is -0.736. The largest absolute Gasteiger partial charge is 0.507 e. The molecule has 1 amide bonds. The van der Waals surface area contributed by atoms with Gasteiger partial charge in [0.05, 0.1) is 25.1 Å². The maximum Gasteiger partial charge on any atom is 0.295 e. The number of aryl methyl sites for hydroxylation is 2. The standard InChI is InChI=1S/C24H28N2O5/c1-16-6-7-17(2)18(15-16)22(27)20-21(19-5-3-12-31-19)26(24(29)23(20)28)9-4-8-25-10-13-30-14-11-25/h3,5-7,12,15,21,27H,4,8-11,13-14H2,1-2H3/b22-20+. The van der Waals surface area contributed by atoms with Crippen molar-refractivity contribution in [3.05, 3.63) is 64.6 Å². The van der Waals surface area contributed by atoms with Crippen LogP contribution in [-0.4, -0.2) is 66.0 Å². The molecule has 1 atom stereocenters. The molecule has 7 nitrogen and oxygen atoms in total. The van der Waals surface area contributed by atoms with E-state index in [-0.39, 0.29) is 11.3 Å². The maximum atomic E-state index is 13.0. The number of carbonyl (C=O) groups excluding carboxylic acids is 2. The van der Waals surface area contributed by atoms with Gasteiger partial charge in [-0.1, -0.05) is 17.7 Å². The molecule has 0 bridgehead atoms. The molecule has 1 N–H and O–H groups in total. The molecule has 2 saturated heterocycles. The van der Waals surface area contributed by atoms with Crippen LogP contribution < -0.4 is 0 Å². The molecule has 164 valence electrons. The van der Waals surface area contributed by atoms with Crippen LogP contribution in [0.2, 0.25) is 0 Å². The first-order valence-corrected chi connectivity index (χ1v) is 10.7. The summed E-state index contributed by atoms with van der Waals surface area (Å²) in [6.45, 7) is 8.17. The van der Waals surface area contributed by atoms with Crippen molar-refractivity contribution in [3.63, 3.8) is 0 Å². The monoisotopic (exact) mass is 424 g/mol. The molecule has 1 aromatic carbocycles. The van der Waals surface area contributed by atoms with E-state index < -0.39 is 17.7 Å². The van der Waals surface area contributed by atoms with E-state index in [1.54, 1.807) is 12.1 Å². The number of rotatable bonds is 6. The molecule has 2 fully saturated rings. The van der Waals surface area contributed by atoms with Gasteiger partial charge in [-0.2, -0.15) is 0 Å². The van der Waals surface area contributed by atoms with Gasteiger partial charge in [0, 0.05) is 31.7 Å². The van der Waals surface area contributed by atoms with Crippen LogP contribution in [0.25, 0.3) is 5.76 Å². The Morgan fingerprint density at radius 1 is 1.13 bits per heavy atom. The van der Waals surface area contributed by atoms with Gasteiger partial charge in [0.1, 0.15) is 17.6 Å². The highest BCUT2D eigenvalue weighted by atomic mass is 16.5. The Morgan fingerprint density at radius 3 is 2.61 bits per heavy atom. The fraction of sp³-hybridized carbons (Fsp3) is 0.417. The lowest BCUT2D eigenvalue weighted by Gasteiger charge is -2.28. The van der Waals surface area contributed by atoms with Crippen LogP contribution >= 0.6 is 0 Å². The summed E-state index contributed by atoms with van der Waals surface area (Å²) in [5.41, 5.74) is 2.43. The molecule has 2 aliphatic heterocycles.